The monoisotopic (exact) mass is 340 g/mol. The van der Waals surface area contributed by atoms with E-state index in [1.54, 1.807) is 0 Å². The molecule has 0 spiro atoms. The van der Waals surface area contributed by atoms with Gasteiger partial charge in [-0.3, -0.25) is 0 Å². The van der Waals surface area contributed by atoms with Crippen LogP contribution >= 0.6 is 0 Å². The number of benzene rings is 2. The van der Waals surface area contributed by atoms with Gasteiger partial charge in [-0.2, -0.15) is 0 Å². The Morgan fingerprint density at radius 2 is 1.76 bits per heavy atom. The first-order valence-corrected chi connectivity index (χ1v) is 8.77. The van der Waals surface area contributed by atoms with Crippen LogP contribution in [0.4, 0.5) is 10.5 Å². The molecule has 0 unspecified atom stereocenters. The third-order valence-corrected chi connectivity index (χ3v) is 4.15. The van der Waals surface area contributed by atoms with Crippen LogP contribution in [0.3, 0.4) is 0 Å². The van der Waals surface area contributed by atoms with E-state index in [-0.39, 0.29) is 6.03 Å². The van der Waals surface area contributed by atoms with Crippen molar-refractivity contribution in [3.63, 3.8) is 0 Å². The lowest BCUT2D eigenvalue weighted by molar-refractivity contribution is 0.247. The predicted octanol–water partition coefficient (Wildman–Crippen LogP) is 3.77. The predicted molar refractivity (Wildman–Crippen MR) is 98.6 cm³/mol. The van der Waals surface area contributed by atoms with Crippen molar-refractivity contribution in [3.8, 4) is 11.5 Å². The zero-order valence-electron chi connectivity index (χ0n) is 14.5. The summed E-state index contributed by atoms with van der Waals surface area (Å²) < 4.78 is 11.1. The van der Waals surface area contributed by atoms with E-state index in [0.29, 0.717) is 19.8 Å². The summed E-state index contributed by atoms with van der Waals surface area (Å²) in [5.41, 5.74) is 3.54. The molecule has 3 rings (SSSR count). The third kappa shape index (κ3) is 4.89. The molecule has 5 heteroatoms. The van der Waals surface area contributed by atoms with Crippen LogP contribution in [-0.2, 0) is 12.8 Å². The minimum absolute atomic E-state index is 0.248. The second-order valence-corrected chi connectivity index (χ2v) is 5.97. The van der Waals surface area contributed by atoms with Gasteiger partial charge in [0.15, 0.2) is 0 Å². The molecule has 2 amide bonds. The number of urea groups is 1. The first-order chi connectivity index (χ1) is 12.2. The van der Waals surface area contributed by atoms with Crippen molar-refractivity contribution in [1.29, 1.82) is 0 Å². The molecule has 0 saturated carbocycles. The van der Waals surface area contributed by atoms with Gasteiger partial charge in [0.25, 0.3) is 0 Å². The Morgan fingerprint density at radius 3 is 2.56 bits per heavy atom. The Hall–Kier alpha value is -2.69. The highest BCUT2D eigenvalue weighted by Crippen LogP contribution is 2.25. The Balaban J connectivity index is 1.37. The lowest BCUT2D eigenvalue weighted by atomic mass is 10.1. The molecule has 1 aliphatic rings. The van der Waals surface area contributed by atoms with Crippen LogP contribution in [0, 0.1) is 0 Å². The van der Waals surface area contributed by atoms with E-state index in [0.717, 1.165) is 23.6 Å². The van der Waals surface area contributed by atoms with Gasteiger partial charge in [-0.25, -0.2) is 4.79 Å². The van der Waals surface area contributed by atoms with Crippen molar-refractivity contribution >= 4 is 11.7 Å². The summed E-state index contributed by atoms with van der Waals surface area (Å²) in [5.74, 6) is 1.66. The number of hydrogen-bond acceptors (Lipinski definition) is 3. The summed E-state index contributed by atoms with van der Waals surface area (Å²) in [6, 6.07) is 13.3. The molecule has 0 heterocycles. The lowest BCUT2D eigenvalue weighted by Gasteiger charge is -2.10. The number of amides is 2. The Kier molecular flexibility index (Phi) is 5.77. The van der Waals surface area contributed by atoms with Gasteiger partial charge in [-0.05, 0) is 73.7 Å². The number of ether oxygens (including phenoxy) is 2. The van der Waals surface area contributed by atoms with E-state index >= 15 is 0 Å². The summed E-state index contributed by atoms with van der Waals surface area (Å²) in [4.78, 5) is 11.9. The van der Waals surface area contributed by atoms with Crippen LogP contribution in [0.15, 0.2) is 42.5 Å². The van der Waals surface area contributed by atoms with Crippen molar-refractivity contribution in [2.45, 2.75) is 26.2 Å². The standard InChI is InChI=1S/C20H24N2O3/c1-2-24-18-10-7-17(8-11-18)22-20(23)21-12-13-25-19-9-6-15-4-3-5-16(15)14-19/h6-11,14H,2-5,12-13H2,1H3,(H2,21,22,23). The molecule has 0 saturated heterocycles. The average Bonchev–Trinajstić information content (AvgIpc) is 3.08. The van der Waals surface area contributed by atoms with E-state index in [1.807, 2.05) is 37.3 Å². The first kappa shape index (κ1) is 17.1. The first-order valence-electron chi connectivity index (χ1n) is 8.77. The van der Waals surface area contributed by atoms with Crippen molar-refractivity contribution in [1.82, 2.24) is 5.32 Å². The fourth-order valence-corrected chi connectivity index (χ4v) is 2.95. The molecular formula is C20H24N2O3. The molecule has 2 aromatic rings. The molecule has 0 bridgehead atoms. The number of hydrogen-bond donors (Lipinski definition) is 2. The van der Waals surface area contributed by atoms with Crippen LogP contribution < -0.4 is 20.1 Å². The van der Waals surface area contributed by atoms with Gasteiger partial charge in [0.2, 0.25) is 0 Å². The van der Waals surface area contributed by atoms with E-state index in [1.165, 1.54) is 24.0 Å². The van der Waals surface area contributed by atoms with Gasteiger partial charge in [0.05, 0.1) is 13.2 Å². The maximum atomic E-state index is 11.9. The van der Waals surface area contributed by atoms with Crippen molar-refractivity contribution in [2.75, 3.05) is 25.1 Å². The lowest BCUT2D eigenvalue weighted by Crippen LogP contribution is -2.32. The van der Waals surface area contributed by atoms with E-state index in [2.05, 4.69) is 22.8 Å². The highest BCUT2D eigenvalue weighted by atomic mass is 16.5. The van der Waals surface area contributed by atoms with Gasteiger partial charge >= 0.3 is 6.03 Å². The molecule has 0 aromatic heterocycles. The maximum absolute atomic E-state index is 11.9. The molecule has 132 valence electrons. The molecule has 0 aliphatic heterocycles. The van der Waals surface area contributed by atoms with Crippen molar-refractivity contribution in [3.05, 3.63) is 53.6 Å². The number of fused-ring (bicyclic) bond motifs is 1. The molecular weight excluding hydrogens is 316 g/mol. The zero-order chi connectivity index (χ0) is 17.5. The average molecular weight is 340 g/mol. The number of aryl methyl sites for hydroxylation is 2. The van der Waals surface area contributed by atoms with Gasteiger partial charge in [0.1, 0.15) is 18.1 Å². The van der Waals surface area contributed by atoms with Crippen LogP contribution in [0.5, 0.6) is 11.5 Å². The Labute approximate surface area is 148 Å². The van der Waals surface area contributed by atoms with Crippen molar-refractivity contribution < 1.29 is 14.3 Å². The summed E-state index contributed by atoms with van der Waals surface area (Å²) in [6.45, 7) is 3.44. The molecule has 2 N–H and O–H groups in total. The minimum atomic E-state index is -0.248. The van der Waals surface area contributed by atoms with Crippen LogP contribution in [0.1, 0.15) is 24.5 Å². The quantitative estimate of drug-likeness (QED) is 0.754. The molecule has 5 nitrogen and oxygen atoms in total. The second-order valence-electron chi connectivity index (χ2n) is 5.97. The van der Waals surface area contributed by atoms with Crippen LogP contribution in [0.25, 0.3) is 0 Å². The van der Waals surface area contributed by atoms with E-state index < -0.39 is 0 Å². The number of rotatable bonds is 7. The maximum Gasteiger partial charge on any atom is 0.319 e. The second kappa shape index (κ2) is 8.42. The van der Waals surface area contributed by atoms with Gasteiger partial charge in [0, 0.05) is 5.69 Å². The number of nitrogens with one attached hydrogen (secondary N) is 2. The molecule has 0 fully saturated rings. The summed E-state index contributed by atoms with van der Waals surface area (Å²) >= 11 is 0. The van der Waals surface area contributed by atoms with E-state index in [9.17, 15) is 4.79 Å². The smallest absolute Gasteiger partial charge is 0.319 e. The highest BCUT2D eigenvalue weighted by Gasteiger charge is 2.11. The molecule has 1 aliphatic carbocycles. The topological polar surface area (TPSA) is 59.6 Å². The Bertz CT molecular complexity index is 713. The number of carbonyl (C=O) groups is 1. The number of carbonyl (C=O) groups excluding carboxylic acids is 1. The summed E-state index contributed by atoms with van der Waals surface area (Å²) in [6.07, 6.45) is 3.53. The van der Waals surface area contributed by atoms with E-state index in [4.69, 9.17) is 9.47 Å². The van der Waals surface area contributed by atoms with Crippen molar-refractivity contribution in [2.24, 2.45) is 0 Å². The minimum Gasteiger partial charge on any atom is -0.494 e. The van der Waals surface area contributed by atoms with Gasteiger partial charge in [-0.1, -0.05) is 6.07 Å². The molecule has 0 radical (unpaired) electrons. The molecule has 0 atom stereocenters. The fraction of sp³-hybridized carbons (Fsp3) is 0.350. The van der Waals surface area contributed by atoms with Gasteiger partial charge < -0.3 is 20.1 Å². The molecule has 25 heavy (non-hydrogen) atoms. The van der Waals surface area contributed by atoms with Crippen LogP contribution in [0.2, 0.25) is 0 Å². The number of anilines is 1. The highest BCUT2D eigenvalue weighted by molar-refractivity contribution is 5.89. The SMILES string of the molecule is CCOc1ccc(NC(=O)NCCOc2ccc3c(c2)CCC3)cc1. The zero-order valence-corrected chi connectivity index (χ0v) is 14.5. The largest absolute Gasteiger partial charge is 0.494 e. The summed E-state index contributed by atoms with van der Waals surface area (Å²) in [7, 11) is 0. The normalized spacial score (nSPS) is 12.4. The third-order valence-electron chi connectivity index (χ3n) is 4.15. The fourth-order valence-electron chi connectivity index (χ4n) is 2.95. The van der Waals surface area contributed by atoms with Gasteiger partial charge in [-0.15, -0.1) is 0 Å². The summed E-state index contributed by atoms with van der Waals surface area (Å²) in [5, 5.41) is 5.57. The Morgan fingerprint density at radius 1 is 1.00 bits per heavy atom. The molecule has 2 aromatic carbocycles. The van der Waals surface area contributed by atoms with Crippen LogP contribution in [-0.4, -0.2) is 25.8 Å².